The Morgan fingerprint density at radius 3 is 2.76 bits per heavy atom. The summed E-state index contributed by atoms with van der Waals surface area (Å²) in [7, 11) is -1.92. The number of hydrogen-bond acceptors (Lipinski definition) is 5. The van der Waals surface area contributed by atoms with Gasteiger partial charge in [0.2, 0.25) is 10.0 Å². The zero-order valence-electron chi connectivity index (χ0n) is 14.0. The Bertz CT molecular complexity index is 1050. The fourth-order valence-electron chi connectivity index (χ4n) is 2.71. The zero-order valence-corrected chi connectivity index (χ0v) is 14.8. The summed E-state index contributed by atoms with van der Waals surface area (Å²) in [5, 5.41) is 0.548. The lowest BCUT2D eigenvalue weighted by Crippen LogP contribution is -2.30. The maximum Gasteiger partial charge on any atom is 0.336 e. The van der Waals surface area contributed by atoms with E-state index in [0.717, 1.165) is 6.42 Å². The molecule has 1 aromatic carbocycles. The highest BCUT2D eigenvalue weighted by Crippen LogP contribution is 2.22. The Labute approximate surface area is 145 Å². The Morgan fingerprint density at radius 2 is 2.08 bits per heavy atom. The smallest absolute Gasteiger partial charge is 0.336 e. The van der Waals surface area contributed by atoms with Gasteiger partial charge in [-0.2, -0.15) is 0 Å². The van der Waals surface area contributed by atoms with Crippen molar-refractivity contribution in [1.29, 1.82) is 0 Å². The molecule has 2 aromatic heterocycles. The number of imidazole rings is 1. The highest BCUT2D eigenvalue weighted by atomic mass is 32.2. The summed E-state index contributed by atoms with van der Waals surface area (Å²) in [6.45, 7) is 1.99. The summed E-state index contributed by atoms with van der Waals surface area (Å²) in [4.78, 5) is 15.6. The van der Waals surface area contributed by atoms with Crippen molar-refractivity contribution in [2.75, 3.05) is 0 Å². The van der Waals surface area contributed by atoms with Gasteiger partial charge in [0.25, 0.3) is 0 Å². The minimum absolute atomic E-state index is 0.115. The third-order valence-corrected chi connectivity index (χ3v) is 5.42. The average molecular weight is 361 g/mol. The molecular weight excluding hydrogens is 342 g/mol. The summed E-state index contributed by atoms with van der Waals surface area (Å²) in [5.74, 6) is 0.664. The lowest BCUT2D eigenvalue weighted by atomic mass is 10.2. The maximum absolute atomic E-state index is 12.8. The van der Waals surface area contributed by atoms with E-state index in [0.29, 0.717) is 23.2 Å². The largest absolute Gasteiger partial charge is 0.423 e. The number of fused-ring (bicyclic) bond motifs is 1. The predicted molar refractivity (Wildman–Crippen MR) is 93.7 cm³/mol. The molecule has 132 valence electrons. The van der Waals surface area contributed by atoms with Crippen LogP contribution in [0, 0.1) is 0 Å². The molecule has 25 heavy (non-hydrogen) atoms. The van der Waals surface area contributed by atoms with Crippen molar-refractivity contribution in [3.8, 4) is 0 Å². The second kappa shape index (κ2) is 6.81. The van der Waals surface area contributed by atoms with Gasteiger partial charge in [-0.25, -0.2) is 22.9 Å². The number of aryl methyl sites for hydroxylation is 1. The van der Waals surface area contributed by atoms with Crippen LogP contribution in [0.2, 0.25) is 0 Å². The van der Waals surface area contributed by atoms with E-state index in [2.05, 4.69) is 9.71 Å². The number of aromatic nitrogens is 2. The topological polar surface area (TPSA) is 94.2 Å². The molecule has 0 fully saturated rings. The fraction of sp³-hybridized carbons (Fsp3) is 0.294. The van der Waals surface area contributed by atoms with Crippen molar-refractivity contribution in [1.82, 2.24) is 14.3 Å². The molecule has 3 aromatic rings. The van der Waals surface area contributed by atoms with E-state index in [1.807, 2.05) is 14.0 Å². The first kappa shape index (κ1) is 17.4. The molecule has 8 heteroatoms. The molecule has 3 rings (SSSR count). The molecule has 2 heterocycles. The number of nitrogens with one attached hydrogen (secondary N) is 1. The molecule has 0 radical (unpaired) electrons. The first-order chi connectivity index (χ1) is 11.9. The summed E-state index contributed by atoms with van der Waals surface area (Å²) < 4.78 is 35.2. The van der Waals surface area contributed by atoms with Gasteiger partial charge in [0, 0.05) is 30.9 Å². The van der Waals surface area contributed by atoms with Crippen molar-refractivity contribution in [2.24, 2.45) is 7.05 Å². The quantitative estimate of drug-likeness (QED) is 0.680. The predicted octanol–water partition coefficient (Wildman–Crippen LogP) is 2.35. The summed E-state index contributed by atoms with van der Waals surface area (Å²) in [6.07, 6.45) is 4.87. The summed E-state index contributed by atoms with van der Waals surface area (Å²) in [5.41, 5.74) is -0.125. The van der Waals surface area contributed by atoms with Crippen molar-refractivity contribution >= 4 is 21.0 Å². The zero-order chi connectivity index (χ0) is 18.0. The van der Waals surface area contributed by atoms with Crippen LogP contribution in [0.25, 0.3) is 11.0 Å². The number of hydrogen-bond donors (Lipinski definition) is 1. The second-order valence-electron chi connectivity index (χ2n) is 5.81. The Kier molecular flexibility index (Phi) is 4.73. The van der Waals surface area contributed by atoms with Crippen molar-refractivity contribution in [3.05, 3.63) is 59.0 Å². The molecule has 0 aliphatic heterocycles. The van der Waals surface area contributed by atoms with E-state index in [9.17, 15) is 13.2 Å². The lowest BCUT2D eigenvalue weighted by Gasteiger charge is -2.18. The van der Waals surface area contributed by atoms with Crippen molar-refractivity contribution in [3.63, 3.8) is 0 Å². The molecular formula is C17H19N3O4S. The van der Waals surface area contributed by atoms with Gasteiger partial charge in [-0.05, 0) is 30.7 Å². The van der Waals surface area contributed by atoms with E-state index >= 15 is 0 Å². The Hall–Kier alpha value is -2.45. The standard InChI is InChI=1S/C17H19N3O4S/c1-3-4-14(17-18-9-10-20(17)2)19-25(22,23)13-6-7-15-12(11-13)5-8-16(21)24-15/h5-11,14,19H,3-4H2,1-2H3. The van der Waals surface area contributed by atoms with E-state index in [4.69, 9.17) is 4.42 Å². The van der Waals surface area contributed by atoms with E-state index in [1.165, 1.54) is 24.3 Å². The number of rotatable bonds is 6. The number of nitrogens with zero attached hydrogens (tertiary/aromatic N) is 2. The van der Waals surface area contributed by atoms with Crippen LogP contribution in [-0.4, -0.2) is 18.0 Å². The van der Waals surface area contributed by atoms with Crippen LogP contribution < -0.4 is 10.3 Å². The van der Waals surface area contributed by atoms with Gasteiger partial charge in [0.15, 0.2) is 0 Å². The Balaban J connectivity index is 1.96. The first-order valence-corrected chi connectivity index (χ1v) is 9.42. The van der Waals surface area contributed by atoms with E-state index in [1.54, 1.807) is 23.0 Å². The second-order valence-corrected chi connectivity index (χ2v) is 7.53. The molecule has 1 N–H and O–H groups in total. The van der Waals surface area contributed by atoms with E-state index in [-0.39, 0.29) is 4.90 Å². The molecule has 0 amide bonds. The monoisotopic (exact) mass is 361 g/mol. The number of sulfonamides is 1. The molecule has 1 unspecified atom stereocenters. The minimum atomic E-state index is -3.75. The molecule has 0 spiro atoms. The number of benzene rings is 1. The van der Waals surface area contributed by atoms with Gasteiger partial charge in [-0.1, -0.05) is 13.3 Å². The fourth-order valence-corrected chi connectivity index (χ4v) is 3.98. The lowest BCUT2D eigenvalue weighted by molar-refractivity contribution is 0.509. The van der Waals surface area contributed by atoms with Gasteiger partial charge in [0.05, 0.1) is 10.9 Å². The molecule has 0 saturated heterocycles. The van der Waals surface area contributed by atoms with Gasteiger partial charge in [0.1, 0.15) is 11.4 Å². The van der Waals surface area contributed by atoms with Gasteiger partial charge < -0.3 is 8.98 Å². The molecule has 0 aliphatic carbocycles. The average Bonchev–Trinajstić information content (AvgIpc) is 2.99. The maximum atomic E-state index is 12.8. The third kappa shape index (κ3) is 3.64. The van der Waals surface area contributed by atoms with Crippen LogP contribution in [0.3, 0.4) is 0 Å². The third-order valence-electron chi connectivity index (χ3n) is 3.95. The molecule has 0 aliphatic rings. The van der Waals surface area contributed by atoms with Gasteiger partial charge >= 0.3 is 5.63 Å². The summed E-state index contributed by atoms with van der Waals surface area (Å²) in [6, 6.07) is 6.79. The van der Waals surface area contributed by atoms with Crippen molar-refractivity contribution in [2.45, 2.75) is 30.7 Å². The van der Waals surface area contributed by atoms with Gasteiger partial charge in [-0.3, -0.25) is 0 Å². The molecule has 1 atom stereocenters. The van der Waals surface area contributed by atoms with Gasteiger partial charge in [-0.15, -0.1) is 0 Å². The van der Waals surface area contributed by atoms with Crippen LogP contribution in [-0.2, 0) is 17.1 Å². The van der Waals surface area contributed by atoms with Crippen LogP contribution in [0.5, 0.6) is 0 Å². The Morgan fingerprint density at radius 1 is 1.28 bits per heavy atom. The highest BCUT2D eigenvalue weighted by molar-refractivity contribution is 7.89. The normalized spacial score (nSPS) is 13.2. The minimum Gasteiger partial charge on any atom is -0.423 e. The molecule has 7 nitrogen and oxygen atoms in total. The SMILES string of the molecule is CCCC(NS(=O)(=O)c1ccc2oc(=O)ccc2c1)c1nccn1C. The van der Waals surface area contributed by atoms with E-state index < -0.39 is 21.7 Å². The van der Waals surface area contributed by atoms with Crippen LogP contribution >= 0.6 is 0 Å². The van der Waals surface area contributed by atoms with Crippen molar-refractivity contribution < 1.29 is 12.8 Å². The van der Waals surface area contributed by atoms with Crippen LogP contribution in [0.1, 0.15) is 31.6 Å². The van der Waals surface area contributed by atoms with Crippen LogP contribution in [0.4, 0.5) is 0 Å². The highest BCUT2D eigenvalue weighted by Gasteiger charge is 2.23. The molecule has 0 saturated carbocycles. The molecule has 0 bridgehead atoms. The van der Waals surface area contributed by atoms with Crippen LogP contribution in [0.15, 0.2) is 56.8 Å². The first-order valence-electron chi connectivity index (χ1n) is 7.94. The summed E-state index contributed by atoms with van der Waals surface area (Å²) >= 11 is 0.